The number of piperidine rings is 1. The van der Waals surface area contributed by atoms with Gasteiger partial charge in [0.05, 0.1) is 6.61 Å². The van der Waals surface area contributed by atoms with Crippen molar-refractivity contribution in [3.05, 3.63) is 23.9 Å². The van der Waals surface area contributed by atoms with Crippen LogP contribution in [-0.4, -0.2) is 55.7 Å². The number of hydrogen-bond acceptors (Lipinski definition) is 4. The predicted octanol–water partition coefficient (Wildman–Crippen LogP) is 2.25. The number of nitrogens with zero attached hydrogens (tertiary/aromatic N) is 3. The zero-order valence-corrected chi connectivity index (χ0v) is 17.1. The van der Waals surface area contributed by atoms with Crippen LogP contribution in [0.15, 0.2) is 23.3 Å². The molecule has 1 aliphatic heterocycles. The summed E-state index contributed by atoms with van der Waals surface area (Å²) in [7, 11) is 1.79. The van der Waals surface area contributed by atoms with Gasteiger partial charge in [-0.05, 0) is 38.9 Å². The molecular formula is C17H30IN5O. The maximum atomic E-state index is 5.55. The van der Waals surface area contributed by atoms with Crippen molar-refractivity contribution in [3.63, 3.8) is 0 Å². The third kappa shape index (κ3) is 7.21. The lowest BCUT2D eigenvalue weighted by Gasteiger charge is -2.26. The summed E-state index contributed by atoms with van der Waals surface area (Å²) in [6.45, 7) is 7.65. The minimum absolute atomic E-state index is 0. The molecule has 0 radical (unpaired) electrons. The van der Waals surface area contributed by atoms with E-state index in [1.807, 2.05) is 19.1 Å². The van der Waals surface area contributed by atoms with Crippen LogP contribution in [0.4, 0.5) is 0 Å². The SMILES string of the molecule is CCOc1ncccc1CNC(=NC)NCCN1CCCCC1.I. The third-order valence-corrected chi connectivity index (χ3v) is 3.97. The van der Waals surface area contributed by atoms with E-state index < -0.39 is 0 Å². The number of guanidine groups is 1. The number of pyridine rings is 1. The van der Waals surface area contributed by atoms with Crippen LogP contribution >= 0.6 is 24.0 Å². The molecule has 2 heterocycles. The maximum absolute atomic E-state index is 5.55. The molecule has 0 aromatic carbocycles. The van der Waals surface area contributed by atoms with Crippen molar-refractivity contribution in [2.24, 2.45) is 4.99 Å². The van der Waals surface area contributed by atoms with Crippen LogP contribution in [0.1, 0.15) is 31.7 Å². The molecule has 0 unspecified atom stereocenters. The van der Waals surface area contributed by atoms with Crippen molar-refractivity contribution in [3.8, 4) is 5.88 Å². The molecule has 0 amide bonds. The smallest absolute Gasteiger partial charge is 0.218 e. The molecular weight excluding hydrogens is 417 g/mol. The fourth-order valence-corrected chi connectivity index (χ4v) is 2.74. The third-order valence-electron chi connectivity index (χ3n) is 3.97. The van der Waals surface area contributed by atoms with E-state index in [1.54, 1.807) is 13.2 Å². The number of aliphatic imine (C=N–C) groups is 1. The summed E-state index contributed by atoms with van der Waals surface area (Å²) in [4.78, 5) is 11.1. The molecule has 1 aliphatic rings. The number of halogens is 1. The second kappa shape index (κ2) is 12.3. The lowest BCUT2D eigenvalue weighted by molar-refractivity contribution is 0.232. The van der Waals surface area contributed by atoms with Gasteiger partial charge in [-0.1, -0.05) is 12.5 Å². The number of rotatable bonds is 7. The van der Waals surface area contributed by atoms with Crippen LogP contribution < -0.4 is 15.4 Å². The first kappa shape index (κ1) is 21.0. The minimum atomic E-state index is 0. The van der Waals surface area contributed by atoms with Gasteiger partial charge in [0.1, 0.15) is 0 Å². The van der Waals surface area contributed by atoms with E-state index in [9.17, 15) is 0 Å². The van der Waals surface area contributed by atoms with E-state index in [-0.39, 0.29) is 24.0 Å². The van der Waals surface area contributed by atoms with Gasteiger partial charge in [0, 0.05) is 38.4 Å². The van der Waals surface area contributed by atoms with Crippen molar-refractivity contribution in [1.82, 2.24) is 20.5 Å². The number of aromatic nitrogens is 1. The van der Waals surface area contributed by atoms with E-state index in [0.717, 1.165) is 24.6 Å². The monoisotopic (exact) mass is 447 g/mol. The molecule has 136 valence electrons. The second-order valence-electron chi connectivity index (χ2n) is 5.66. The normalized spacial score (nSPS) is 15.5. The Morgan fingerprint density at radius 2 is 2.08 bits per heavy atom. The molecule has 2 N–H and O–H groups in total. The molecule has 1 saturated heterocycles. The largest absolute Gasteiger partial charge is 0.478 e. The van der Waals surface area contributed by atoms with Crippen molar-refractivity contribution < 1.29 is 4.74 Å². The first-order valence-corrected chi connectivity index (χ1v) is 8.57. The van der Waals surface area contributed by atoms with Crippen LogP contribution in [0.2, 0.25) is 0 Å². The van der Waals surface area contributed by atoms with Gasteiger partial charge in [-0.15, -0.1) is 24.0 Å². The molecule has 1 aromatic heterocycles. The number of hydrogen-bond donors (Lipinski definition) is 2. The highest BCUT2D eigenvalue weighted by Gasteiger charge is 2.10. The minimum Gasteiger partial charge on any atom is -0.478 e. The molecule has 7 heteroatoms. The summed E-state index contributed by atoms with van der Waals surface area (Å²) < 4.78 is 5.55. The van der Waals surface area contributed by atoms with Gasteiger partial charge in [0.15, 0.2) is 5.96 Å². The standard InChI is InChI=1S/C17H29N5O.HI/c1-3-23-16-15(8-7-9-19-16)14-21-17(18-2)20-10-13-22-11-5-4-6-12-22;/h7-9H,3-6,10-14H2,1-2H3,(H2,18,20,21);1H. The summed E-state index contributed by atoms with van der Waals surface area (Å²) in [5, 5.41) is 6.70. The van der Waals surface area contributed by atoms with Gasteiger partial charge in [-0.25, -0.2) is 4.98 Å². The number of ether oxygens (including phenoxy) is 1. The Balaban J connectivity index is 0.00000288. The molecule has 0 aliphatic carbocycles. The molecule has 1 fully saturated rings. The number of likely N-dealkylation sites (tertiary alicyclic amines) is 1. The topological polar surface area (TPSA) is 61.8 Å². The van der Waals surface area contributed by atoms with E-state index in [4.69, 9.17) is 4.74 Å². The first-order valence-electron chi connectivity index (χ1n) is 8.57. The van der Waals surface area contributed by atoms with Crippen LogP contribution in [0.5, 0.6) is 5.88 Å². The molecule has 24 heavy (non-hydrogen) atoms. The highest BCUT2D eigenvalue weighted by Crippen LogP contribution is 2.13. The van der Waals surface area contributed by atoms with Gasteiger partial charge < -0.3 is 20.3 Å². The fraction of sp³-hybridized carbons (Fsp3) is 0.647. The summed E-state index contributed by atoms with van der Waals surface area (Å²) in [6.07, 6.45) is 5.78. The van der Waals surface area contributed by atoms with Crippen molar-refractivity contribution in [1.29, 1.82) is 0 Å². The zero-order valence-electron chi connectivity index (χ0n) is 14.8. The zero-order chi connectivity index (χ0) is 16.3. The van der Waals surface area contributed by atoms with Crippen LogP contribution in [0.3, 0.4) is 0 Å². The Labute approximate surface area is 162 Å². The molecule has 1 aromatic rings. The van der Waals surface area contributed by atoms with Crippen molar-refractivity contribution in [2.75, 3.05) is 39.8 Å². The summed E-state index contributed by atoms with van der Waals surface area (Å²) in [6, 6.07) is 3.94. The van der Waals surface area contributed by atoms with Gasteiger partial charge >= 0.3 is 0 Å². The van der Waals surface area contributed by atoms with E-state index in [0.29, 0.717) is 19.0 Å². The molecule has 2 rings (SSSR count). The summed E-state index contributed by atoms with van der Waals surface area (Å²) >= 11 is 0. The first-order chi connectivity index (χ1) is 11.3. The molecule has 6 nitrogen and oxygen atoms in total. The molecule has 0 spiro atoms. The molecule has 0 saturated carbocycles. The Kier molecular flexibility index (Phi) is 10.7. The van der Waals surface area contributed by atoms with Gasteiger partial charge in [0.25, 0.3) is 0 Å². The lowest BCUT2D eigenvalue weighted by atomic mass is 10.1. The summed E-state index contributed by atoms with van der Waals surface area (Å²) in [5.74, 6) is 1.50. The Bertz CT molecular complexity index is 492. The average molecular weight is 447 g/mol. The van der Waals surface area contributed by atoms with E-state index in [1.165, 1.54) is 32.4 Å². The highest BCUT2D eigenvalue weighted by atomic mass is 127. The highest BCUT2D eigenvalue weighted by molar-refractivity contribution is 14.0. The molecule has 0 atom stereocenters. The van der Waals surface area contributed by atoms with Crippen molar-refractivity contribution in [2.45, 2.75) is 32.7 Å². The molecule has 0 bridgehead atoms. The van der Waals surface area contributed by atoms with E-state index >= 15 is 0 Å². The quantitative estimate of drug-likeness (QED) is 0.382. The summed E-state index contributed by atoms with van der Waals surface area (Å²) in [5.41, 5.74) is 1.04. The average Bonchev–Trinajstić information content (AvgIpc) is 2.60. The number of nitrogens with one attached hydrogen (secondary N) is 2. The van der Waals surface area contributed by atoms with Crippen LogP contribution in [-0.2, 0) is 6.54 Å². The maximum Gasteiger partial charge on any atom is 0.218 e. The van der Waals surface area contributed by atoms with Crippen LogP contribution in [0.25, 0.3) is 0 Å². The second-order valence-corrected chi connectivity index (χ2v) is 5.66. The van der Waals surface area contributed by atoms with Crippen LogP contribution in [0, 0.1) is 0 Å². The Morgan fingerprint density at radius 3 is 2.79 bits per heavy atom. The van der Waals surface area contributed by atoms with Gasteiger partial charge in [0.2, 0.25) is 5.88 Å². The van der Waals surface area contributed by atoms with Gasteiger partial charge in [-0.3, -0.25) is 4.99 Å². The lowest BCUT2D eigenvalue weighted by Crippen LogP contribution is -2.42. The predicted molar refractivity (Wildman–Crippen MR) is 109 cm³/mol. The Hall–Kier alpha value is -1.09. The van der Waals surface area contributed by atoms with Crippen molar-refractivity contribution >= 4 is 29.9 Å². The Morgan fingerprint density at radius 1 is 1.29 bits per heavy atom. The fourth-order valence-electron chi connectivity index (χ4n) is 2.74. The van der Waals surface area contributed by atoms with Gasteiger partial charge in [-0.2, -0.15) is 0 Å². The van der Waals surface area contributed by atoms with E-state index in [2.05, 4.69) is 25.5 Å².